The summed E-state index contributed by atoms with van der Waals surface area (Å²) in [6.07, 6.45) is 2.39. The third-order valence-corrected chi connectivity index (χ3v) is 3.86. The molecule has 7 heteroatoms. The number of likely N-dealkylation sites (N-methyl/N-ethyl adjacent to an activating group) is 1. The Balaban J connectivity index is 2.13. The fraction of sp³-hybridized carbons (Fsp3) is 0.545. The van der Waals surface area contributed by atoms with Crippen LogP contribution in [-0.4, -0.2) is 55.6 Å². The lowest BCUT2D eigenvalue weighted by atomic mass is 10.4. The molecule has 1 amide bonds. The highest BCUT2D eigenvalue weighted by atomic mass is 32.1. The number of anilines is 1. The molecule has 0 aliphatic carbocycles. The number of aromatic nitrogens is 1. The zero-order valence-corrected chi connectivity index (χ0v) is 11.2. The monoisotopic (exact) mass is 269 g/mol. The van der Waals surface area contributed by atoms with Gasteiger partial charge in [0.1, 0.15) is 4.88 Å². The van der Waals surface area contributed by atoms with Crippen LogP contribution in [0.1, 0.15) is 16.1 Å². The minimum atomic E-state index is -0.392. The number of thiazole rings is 1. The van der Waals surface area contributed by atoms with Crippen molar-refractivity contribution < 1.29 is 14.3 Å². The molecule has 0 radical (unpaired) electrons. The number of rotatable bonds is 2. The predicted molar refractivity (Wildman–Crippen MR) is 67.9 cm³/mol. The van der Waals surface area contributed by atoms with Crippen molar-refractivity contribution in [2.75, 3.05) is 38.7 Å². The Labute approximate surface area is 109 Å². The maximum atomic E-state index is 11.8. The Morgan fingerprint density at radius 3 is 3.00 bits per heavy atom. The van der Waals surface area contributed by atoms with Crippen LogP contribution in [0.15, 0.2) is 6.20 Å². The average Bonchev–Trinajstić information content (AvgIpc) is 2.79. The summed E-state index contributed by atoms with van der Waals surface area (Å²) in [4.78, 5) is 31.4. The molecule has 0 bridgehead atoms. The third kappa shape index (κ3) is 2.61. The molecule has 2 rings (SSSR count). The number of hydrogen-bond donors (Lipinski definition) is 0. The predicted octanol–water partition coefficient (Wildman–Crippen LogP) is 0.598. The number of carbonyl (C=O) groups excluding carboxylic acids is 2. The molecule has 2 heterocycles. The minimum Gasteiger partial charge on any atom is -0.465 e. The topological polar surface area (TPSA) is 62.7 Å². The van der Waals surface area contributed by atoms with Gasteiger partial charge in [0.15, 0.2) is 5.13 Å². The van der Waals surface area contributed by atoms with Crippen LogP contribution in [0.2, 0.25) is 0 Å². The van der Waals surface area contributed by atoms with Crippen LogP contribution in [0.4, 0.5) is 5.13 Å². The summed E-state index contributed by atoms with van der Waals surface area (Å²) in [5, 5.41) is 0.694. The fourth-order valence-electron chi connectivity index (χ4n) is 1.76. The van der Waals surface area contributed by atoms with Crippen LogP contribution in [0.3, 0.4) is 0 Å². The first-order valence-corrected chi connectivity index (χ1v) is 6.46. The van der Waals surface area contributed by atoms with Crippen molar-refractivity contribution in [2.45, 2.75) is 6.42 Å². The first-order chi connectivity index (χ1) is 8.61. The molecule has 0 spiro atoms. The summed E-state index contributed by atoms with van der Waals surface area (Å²) in [6, 6.07) is 0. The number of esters is 1. The van der Waals surface area contributed by atoms with Crippen LogP contribution in [0, 0.1) is 0 Å². The Morgan fingerprint density at radius 2 is 2.28 bits per heavy atom. The summed E-state index contributed by atoms with van der Waals surface area (Å²) in [7, 11) is 3.14. The van der Waals surface area contributed by atoms with Gasteiger partial charge in [-0.05, 0) is 6.42 Å². The van der Waals surface area contributed by atoms with Gasteiger partial charge in [-0.3, -0.25) is 4.79 Å². The molecule has 1 aliphatic heterocycles. The number of amides is 1. The number of hydrogen-bond acceptors (Lipinski definition) is 6. The smallest absolute Gasteiger partial charge is 0.349 e. The second-order valence-electron chi connectivity index (χ2n) is 4.09. The second-order valence-corrected chi connectivity index (χ2v) is 5.10. The lowest BCUT2D eigenvalue weighted by Crippen LogP contribution is -2.34. The van der Waals surface area contributed by atoms with Gasteiger partial charge in [0.05, 0.1) is 19.9 Å². The first-order valence-electron chi connectivity index (χ1n) is 5.65. The highest BCUT2D eigenvalue weighted by molar-refractivity contribution is 7.17. The molecule has 0 atom stereocenters. The van der Waals surface area contributed by atoms with Gasteiger partial charge in [-0.1, -0.05) is 11.3 Å². The number of nitrogens with zero attached hydrogens (tertiary/aromatic N) is 3. The van der Waals surface area contributed by atoms with Crippen molar-refractivity contribution in [3.8, 4) is 0 Å². The average molecular weight is 269 g/mol. The van der Waals surface area contributed by atoms with E-state index >= 15 is 0 Å². The van der Waals surface area contributed by atoms with Gasteiger partial charge in [-0.15, -0.1) is 0 Å². The molecule has 1 fully saturated rings. The van der Waals surface area contributed by atoms with E-state index in [1.165, 1.54) is 24.6 Å². The van der Waals surface area contributed by atoms with Gasteiger partial charge in [0.25, 0.3) is 0 Å². The molecule has 1 aromatic rings. The van der Waals surface area contributed by atoms with Crippen LogP contribution < -0.4 is 4.90 Å². The van der Waals surface area contributed by atoms with E-state index in [9.17, 15) is 9.59 Å². The first kappa shape index (κ1) is 12.8. The van der Waals surface area contributed by atoms with E-state index in [0.717, 1.165) is 19.5 Å². The summed E-state index contributed by atoms with van der Waals surface area (Å²) >= 11 is 1.25. The number of carbonyl (C=O) groups is 2. The Morgan fingerprint density at radius 1 is 1.50 bits per heavy atom. The van der Waals surface area contributed by atoms with E-state index in [2.05, 4.69) is 9.72 Å². The van der Waals surface area contributed by atoms with E-state index in [-0.39, 0.29) is 5.91 Å². The largest absolute Gasteiger partial charge is 0.465 e. The van der Waals surface area contributed by atoms with Crippen molar-refractivity contribution in [2.24, 2.45) is 0 Å². The molecule has 0 N–H and O–H groups in total. The Bertz CT molecular complexity index is 460. The molecule has 18 heavy (non-hydrogen) atoms. The highest BCUT2D eigenvalue weighted by Crippen LogP contribution is 2.24. The minimum absolute atomic E-state index is 0.0716. The van der Waals surface area contributed by atoms with Crippen molar-refractivity contribution in [3.63, 3.8) is 0 Å². The van der Waals surface area contributed by atoms with Crippen molar-refractivity contribution in [3.05, 3.63) is 11.1 Å². The summed E-state index contributed by atoms with van der Waals surface area (Å²) in [5.74, 6) is -0.320. The van der Waals surface area contributed by atoms with Gasteiger partial charge in [0.2, 0.25) is 5.91 Å². The Kier molecular flexibility index (Phi) is 3.81. The van der Waals surface area contributed by atoms with E-state index in [4.69, 9.17) is 0 Å². The standard InChI is InChI=1S/C11H15N3O3S/c1-13-4-3-5-14(7-9(13)15)11-12-6-8(18-11)10(16)17-2/h6H,3-5,7H2,1-2H3. The van der Waals surface area contributed by atoms with Crippen LogP contribution in [0.5, 0.6) is 0 Å². The lowest BCUT2D eigenvalue weighted by Gasteiger charge is -2.18. The molecule has 0 aromatic carbocycles. The van der Waals surface area contributed by atoms with E-state index in [1.807, 2.05) is 4.90 Å². The second kappa shape index (κ2) is 5.34. The quantitative estimate of drug-likeness (QED) is 0.736. The molecular weight excluding hydrogens is 254 g/mol. The molecule has 1 aromatic heterocycles. The van der Waals surface area contributed by atoms with E-state index in [0.29, 0.717) is 16.6 Å². The summed E-state index contributed by atoms with van der Waals surface area (Å²) < 4.78 is 4.64. The molecule has 6 nitrogen and oxygen atoms in total. The van der Waals surface area contributed by atoms with Crippen molar-refractivity contribution in [1.82, 2.24) is 9.88 Å². The summed E-state index contributed by atoms with van der Waals surface area (Å²) in [6.45, 7) is 1.83. The van der Waals surface area contributed by atoms with Crippen molar-refractivity contribution in [1.29, 1.82) is 0 Å². The molecular formula is C11H15N3O3S. The number of methoxy groups -OCH3 is 1. The maximum Gasteiger partial charge on any atom is 0.349 e. The van der Waals surface area contributed by atoms with Gasteiger partial charge in [-0.2, -0.15) is 0 Å². The van der Waals surface area contributed by atoms with Crippen molar-refractivity contribution >= 4 is 28.3 Å². The van der Waals surface area contributed by atoms with Crippen LogP contribution in [-0.2, 0) is 9.53 Å². The maximum absolute atomic E-state index is 11.8. The summed E-state index contributed by atoms with van der Waals surface area (Å²) in [5.41, 5.74) is 0. The fourth-order valence-corrected chi connectivity index (χ4v) is 2.61. The van der Waals surface area contributed by atoms with Crippen LogP contribution >= 0.6 is 11.3 Å². The Hall–Kier alpha value is -1.63. The molecule has 0 unspecified atom stereocenters. The molecule has 0 saturated carbocycles. The molecule has 1 aliphatic rings. The van der Waals surface area contributed by atoms with Gasteiger partial charge < -0.3 is 14.5 Å². The van der Waals surface area contributed by atoms with Gasteiger partial charge in [-0.25, -0.2) is 9.78 Å². The normalized spacial score (nSPS) is 16.7. The zero-order valence-electron chi connectivity index (χ0n) is 10.4. The number of ether oxygens (including phenoxy) is 1. The van der Waals surface area contributed by atoms with Gasteiger partial charge in [0, 0.05) is 20.1 Å². The lowest BCUT2D eigenvalue weighted by molar-refractivity contribution is -0.127. The SMILES string of the molecule is COC(=O)c1cnc(N2CCCN(C)C(=O)C2)s1. The highest BCUT2D eigenvalue weighted by Gasteiger charge is 2.22. The third-order valence-electron chi connectivity index (χ3n) is 2.82. The molecule has 1 saturated heterocycles. The van der Waals surface area contributed by atoms with Crippen LogP contribution in [0.25, 0.3) is 0 Å². The molecule has 98 valence electrons. The van der Waals surface area contributed by atoms with E-state index < -0.39 is 5.97 Å². The van der Waals surface area contributed by atoms with Gasteiger partial charge >= 0.3 is 5.97 Å². The van der Waals surface area contributed by atoms with E-state index in [1.54, 1.807) is 11.9 Å². The zero-order chi connectivity index (χ0) is 13.1.